The van der Waals surface area contributed by atoms with Gasteiger partial charge in [0.25, 0.3) is 0 Å². The number of hydrogen-bond donors (Lipinski definition) is 0. The number of rotatable bonds is 5. The van der Waals surface area contributed by atoms with Gasteiger partial charge in [0.2, 0.25) is 0 Å². The van der Waals surface area contributed by atoms with Crippen molar-refractivity contribution in [3.05, 3.63) is 53.7 Å². The van der Waals surface area contributed by atoms with Gasteiger partial charge in [-0.05, 0) is 68.4 Å². The van der Waals surface area contributed by atoms with Gasteiger partial charge in [-0.3, -0.25) is 0 Å². The van der Waals surface area contributed by atoms with Crippen molar-refractivity contribution in [2.75, 3.05) is 55.6 Å². The molecule has 0 aliphatic carbocycles. The topological polar surface area (TPSA) is 27.5 Å². The van der Waals surface area contributed by atoms with Gasteiger partial charge in [-0.15, -0.1) is 0 Å². The summed E-state index contributed by atoms with van der Waals surface area (Å²) in [6.07, 6.45) is 4.88. The molecule has 2 aromatic heterocycles. The molecule has 5 rings (SSSR count). The number of nitrogens with zero attached hydrogens (tertiary/aromatic N) is 5. The van der Waals surface area contributed by atoms with Crippen molar-refractivity contribution in [1.82, 2.24) is 14.5 Å². The van der Waals surface area contributed by atoms with Gasteiger partial charge in [-0.2, -0.15) is 0 Å². The van der Waals surface area contributed by atoms with Crippen LogP contribution in [-0.2, 0) is 6.54 Å². The first kappa shape index (κ1) is 18.8. The van der Waals surface area contributed by atoms with Crippen LogP contribution in [0.4, 0.5) is 11.5 Å². The molecule has 29 heavy (non-hydrogen) atoms. The van der Waals surface area contributed by atoms with Crippen LogP contribution in [0.15, 0.2) is 48.7 Å². The number of halogens is 1. The third kappa shape index (κ3) is 4.07. The minimum Gasteiger partial charge on any atom is -0.368 e. The monoisotopic (exact) mass is 409 g/mol. The molecule has 5 nitrogen and oxygen atoms in total. The van der Waals surface area contributed by atoms with Gasteiger partial charge >= 0.3 is 0 Å². The summed E-state index contributed by atoms with van der Waals surface area (Å²) in [6, 6.07) is 14.7. The molecular formula is C23H28ClN5. The molecule has 152 valence electrons. The minimum atomic E-state index is 0.789. The third-order valence-corrected chi connectivity index (χ3v) is 6.50. The van der Waals surface area contributed by atoms with Gasteiger partial charge in [0.1, 0.15) is 11.5 Å². The average molecular weight is 410 g/mol. The van der Waals surface area contributed by atoms with Crippen LogP contribution in [-0.4, -0.2) is 60.3 Å². The first-order valence-corrected chi connectivity index (χ1v) is 11.1. The molecule has 2 aliphatic rings. The van der Waals surface area contributed by atoms with Gasteiger partial charge in [0, 0.05) is 61.6 Å². The Hall–Kier alpha value is -2.24. The molecule has 0 amide bonds. The van der Waals surface area contributed by atoms with Gasteiger partial charge in [-0.25, -0.2) is 4.98 Å². The molecule has 2 aliphatic heterocycles. The second-order valence-corrected chi connectivity index (χ2v) is 8.53. The Labute approximate surface area is 177 Å². The molecule has 1 aromatic carbocycles. The highest BCUT2D eigenvalue weighted by Gasteiger charge is 2.19. The predicted molar refractivity (Wildman–Crippen MR) is 121 cm³/mol. The standard InChI is InChI=1S/C23H28ClN5/c24-20-4-6-21(7-5-20)27-15-17-28(18-16-27)22-8-3-19-9-12-29(23(19)25-22)14-13-26-10-1-2-11-26/h3-9,12H,1-2,10-11,13-18H2. The molecule has 6 heteroatoms. The second kappa shape index (κ2) is 8.25. The number of hydrogen-bond acceptors (Lipinski definition) is 4. The zero-order valence-corrected chi connectivity index (χ0v) is 17.6. The molecular weight excluding hydrogens is 382 g/mol. The van der Waals surface area contributed by atoms with Crippen molar-refractivity contribution in [2.45, 2.75) is 19.4 Å². The Morgan fingerprint density at radius 1 is 0.759 bits per heavy atom. The number of benzene rings is 1. The molecule has 0 saturated carbocycles. The summed E-state index contributed by atoms with van der Waals surface area (Å²) in [5.74, 6) is 1.09. The van der Waals surface area contributed by atoms with Gasteiger partial charge in [-0.1, -0.05) is 11.6 Å². The number of fused-ring (bicyclic) bond motifs is 1. The summed E-state index contributed by atoms with van der Waals surface area (Å²) in [4.78, 5) is 12.4. The summed E-state index contributed by atoms with van der Waals surface area (Å²) < 4.78 is 2.32. The molecule has 3 aromatic rings. The van der Waals surface area contributed by atoms with Crippen LogP contribution >= 0.6 is 11.6 Å². The van der Waals surface area contributed by atoms with Gasteiger partial charge in [0.05, 0.1) is 0 Å². The van der Waals surface area contributed by atoms with Crippen molar-refractivity contribution in [3.8, 4) is 0 Å². The lowest BCUT2D eigenvalue weighted by molar-refractivity contribution is 0.324. The number of piperazine rings is 1. The van der Waals surface area contributed by atoms with Gasteiger partial charge < -0.3 is 19.3 Å². The first-order valence-electron chi connectivity index (χ1n) is 10.7. The van der Waals surface area contributed by atoms with Crippen LogP contribution in [0, 0.1) is 0 Å². The van der Waals surface area contributed by atoms with Crippen LogP contribution in [0.2, 0.25) is 5.02 Å². The third-order valence-electron chi connectivity index (χ3n) is 6.25. The van der Waals surface area contributed by atoms with Gasteiger partial charge in [0.15, 0.2) is 0 Å². The van der Waals surface area contributed by atoms with Crippen LogP contribution in [0.25, 0.3) is 11.0 Å². The van der Waals surface area contributed by atoms with Crippen LogP contribution < -0.4 is 9.80 Å². The fraction of sp³-hybridized carbons (Fsp3) is 0.435. The predicted octanol–water partition coefficient (Wildman–Crippen LogP) is 4.11. The first-order chi connectivity index (χ1) is 14.3. The van der Waals surface area contributed by atoms with Crippen LogP contribution in [0.5, 0.6) is 0 Å². The smallest absolute Gasteiger partial charge is 0.142 e. The summed E-state index contributed by atoms with van der Waals surface area (Å²) in [5, 5.41) is 2.02. The Kier molecular flexibility index (Phi) is 5.34. The highest BCUT2D eigenvalue weighted by Crippen LogP contribution is 2.23. The maximum Gasteiger partial charge on any atom is 0.142 e. The minimum absolute atomic E-state index is 0.789. The maximum atomic E-state index is 6.02. The van der Waals surface area contributed by atoms with Crippen molar-refractivity contribution < 1.29 is 0 Å². The number of pyridine rings is 1. The highest BCUT2D eigenvalue weighted by molar-refractivity contribution is 6.30. The van der Waals surface area contributed by atoms with E-state index < -0.39 is 0 Å². The summed E-state index contributed by atoms with van der Waals surface area (Å²) in [7, 11) is 0. The Morgan fingerprint density at radius 2 is 1.48 bits per heavy atom. The van der Waals surface area contributed by atoms with E-state index in [1.165, 1.54) is 37.0 Å². The molecule has 4 heterocycles. The van der Waals surface area contributed by atoms with Crippen LogP contribution in [0.3, 0.4) is 0 Å². The van der Waals surface area contributed by atoms with E-state index in [9.17, 15) is 0 Å². The summed E-state index contributed by atoms with van der Waals surface area (Å²) in [5.41, 5.74) is 2.36. The molecule has 0 unspecified atom stereocenters. The van der Waals surface area contributed by atoms with E-state index in [1.807, 2.05) is 12.1 Å². The van der Waals surface area contributed by atoms with E-state index in [0.717, 1.165) is 55.8 Å². The van der Waals surface area contributed by atoms with Crippen molar-refractivity contribution in [3.63, 3.8) is 0 Å². The quantitative estimate of drug-likeness (QED) is 0.633. The lowest BCUT2D eigenvalue weighted by Crippen LogP contribution is -2.46. The number of anilines is 2. The van der Waals surface area contributed by atoms with E-state index in [1.54, 1.807) is 0 Å². The number of likely N-dealkylation sites (tertiary alicyclic amines) is 1. The molecule has 0 radical (unpaired) electrons. The van der Waals surface area contributed by atoms with E-state index in [0.29, 0.717) is 0 Å². The maximum absolute atomic E-state index is 6.02. The van der Waals surface area contributed by atoms with E-state index >= 15 is 0 Å². The highest BCUT2D eigenvalue weighted by atomic mass is 35.5. The largest absolute Gasteiger partial charge is 0.368 e. The Morgan fingerprint density at radius 3 is 2.24 bits per heavy atom. The summed E-state index contributed by atoms with van der Waals surface area (Å²) in [6.45, 7) is 8.59. The normalized spacial score (nSPS) is 18.1. The van der Waals surface area contributed by atoms with Crippen LogP contribution in [0.1, 0.15) is 12.8 Å². The molecule has 2 saturated heterocycles. The average Bonchev–Trinajstić information content (AvgIpc) is 3.42. The van der Waals surface area contributed by atoms with Crippen molar-refractivity contribution in [2.24, 2.45) is 0 Å². The van der Waals surface area contributed by atoms with E-state index in [-0.39, 0.29) is 0 Å². The molecule has 0 bridgehead atoms. The molecule has 0 atom stereocenters. The second-order valence-electron chi connectivity index (χ2n) is 8.09. The van der Waals surface area contributed by atoms with E-state index in [2.05, 4.69) is 55.8 Å². The summed E-state index contributed by atoms with van der Waals surface area (Å²) >= 11 is 6.02. The zero-order valence-electron chi connectivity index (χ0n) is 16.8. The zero-order chi connectivity index (χ0) is 19.6. The fourth-order valence-corrected chi connectivity index (χ4v) is 4.63. The molecule has 2 fully saturated rings. The van der Waals surface area contributed by atoms with E-state index in [4.69, 9.17) is 16.6 Å². The van der Waals surface area contributed by atoms with Crippen molar-refractivity contribution >= 4 is 34.1 Å². The molecule has 0 N–H and O–H groups in total. The molecule has 0 spiro atoms. The number of aromatic nitrogens is 2. The Balaban J connectivity index is 1.26. The SMILES string of the molecule is Clc1ccc(N2CCN(c3ccc4ccn(CCN5CCCC5)c4n3)CC2)cc1. The fourth-order valence-electron chi connectivity index (χ4n) is 4.51. The van der Waals surface area contributed by atoms with Crippen molar-refractivity contribution in [1.29, 1.82) is 0 Å². The lowest BCUT2D eigenvalue weighted by Gasteiger charge is -2.36. The lowest BCUT2D eigenvalue weighted by atomic mass is 10.2. The Bertz CT molecular complexity index is 953.